The van der Waals surface area contributed by atoms with Gasteiger partial charge in [-0.3, -0.25) is 9.40 Å². The van der Waals surface area contributed by atoms with Gasteiger partial charge in [0.15, 0.2) is 0 Å². The van der Waals surface area contributed by atoms with Gasteiger partial charge in [0.2, 0.25) is 0 Å². The van der Waals surface area contributed by atoms with Crippen LogP contribution in [0.25, 0.3) is 22.5 Å². The number of nitrogens with one attached hydrogen (secondary N) is 1. The van der Waals surface area contributed by atoms with Crippen LogP contribution in [-0.4, -0.2) is 27.7 Å². The van der Waals surface area contributed by atoms with E-state index in [9.17, 15) is 8.42 Å². The summed E-state index contributed by atoms with van der Waals surface area (Å²) in [5.41, 5.74) is 4.89. The lowest BCUT2D eigenvalue weighted by atomic mass is 10.0. The minimum Gasteiger partial charge on any atom is -0.334 e. The van der Waals surface area contributed by atoms with Crippen molar-refractivity contribution in [2.45, 2.75) is 18.7 Å². The summed E-state index contributed by atoms with van der Waals surface area (Å²) in [6.07, 6.45) is 3.68. The summed E-state index contributed by atoms with van der Waals surface area (Å²) >= 11 is 0. The molecule has 0 aliphatic carbocycles. The highest BCUT2D eigenvalue weighted by Crippen LogP contribution is 2.27. The Morgan fingerprint density at radius 1 is 0.867 bits per heavy atom. The topological polar surface area (TPSA) is 81.8 Å². The molecule has 7 nitrogen and oxygen atoms in total. The first-order valence-electron chi connectivity index (χ1n) is 9.47. The van der Waals surface area contributed by atoms with Crippen molar-refractivity contribution in [1.82, 2.24) is 19.3 Å². The molecule has 0 aliphatic heterocycles. The van der Waals surface area contributed by atoms with Gasteiger partial charge in [-0.1, -0.05) is 36.4 Å². The van der Waals surface area contributed by atoms with Crippen LogP contribution in [0.4, 0.5) is 5.69 Å². The summed E-state index contributed by atoms with van der Waals surface area (Å²) < 4.78 is 31.9. The molecule has 0 radical (unpaired) electrons. The number of hydrogen-bond donors (Lipinski definition) is 1. The van der Waals surface area contributed by atoms with Gasteiger partial charge in [0.05, 0.1) is 22.0 Å². The second-order valence-electron chi connectivity index (χ2n) is 7.24. The molecule has 2 heterocycles. The molecule has 0 fully saturated rings. The van der Waals surface area contributed by atoms with Crippen LogP contribution in [0.2, 0.25) is 0 Å². The number of rotatable bonds is 5. The Kier molecular flexibility index (Phi) is 4.95. The average molecular weight is 422 g/mol. The molecule has 8 heteroatoms. The SMILES string of the molecule is Cc1nn(C)c(C)c1NS(=O)(=O)c1ccc(-c2ccc(-c3nccn3C)cc2)cc1. The maximum atomic E-state index is 12.8. The van der Waals surface area contributed by atoms with Gasteiger partial charge in [0.25, 0.3) is 10.0 Å². The zero-order chi connectivity index (χ0) is 21.5. The van der Waals surface area contributed by atoms with Crippen LogP contribution in [0.5, 0.6) is 0 Å². The third-order valence-electron chi connectivity index (χ3n) is 5.21. The molecule has 2 aromatic heterocycles. The van der Waals surface area contributed by atoms with Crippen molar-refractivity contribution in [3.05, 3.63) is 72.3 Å². The van der Waals surface area contributed by atoms with Crippen LogP contribution in [0, 0.1) is 13.8 Å². The molecule has 0 bridgehead atoms. The smallest absolute Gasteiger partial charge is 0.262 e. The normalized spacial score (nSPS) is 11.6. The van der Waals surface area contributed by atoms with Crippen LogP contribution in [0.15, 0.2) is 65.8 Å². The molecular formula is C22H23N5O2S. The summed E-state index contributed by atoms with van der Waals surface area (Å²) in [6, 6.07) is 14.9. The van der Waals surface area contributed by atoms with Gasteiger partial charge < -0.3 is 4.57 Å². The van der Waals surface area contributed by atoms with Gasteiger partial charge in [0.1, 0.15) is 5.82 Å². The lowest BCUT2D eigenvalue weighted by Gasteiger charge is -2.10. The van der Waals surface area contributed by atoms with Gasteiger partial charge in [-0.2, -0.15) is 5.10 Å². The standard InChI is InChI=1S/C22H23N5O2S/c1-15-21(16(2)27(4)24-15)25-30(28,29)20-11-9-18(10-12-20)17-5-7-19(8-6-17)22-23-13-14-26(22)3/h5-14,25H,1-4H3. The van der Waals surface area contributed by atoms with Crippen LogP contribution in [0.1, 0.15) is 11.4 Å². The van der Waals surface area contributed by atoms with Crippen molar-refractivity contribution >= 4 is 15.7 Å². The van der Waals surface area contributed by atoms with E-state index in [2.05, 4.69) is 14.8 Å². The molecule has 0 atom stereocenters. The molecule has 0 amide bonds. The summed E-state index contributed by atoms with van der Waals surface area (Å²) in [5, 5.41) is 4.26. The van der Waals surface area contributed by atoms with E-state index in [1.807, 2.05) is 61.1 Å². The Balaban J connectivity index is 1.57. The van der Waals surface area contributed by atoms with Crippen LogP contribution in [0.3, 0.4) is 0 Å². The number of aryl methyl sites for hydroxylation is 3. The quantitative estimate of drug-likeness (QED) is 0.530. The van der Waals surface area contributed by atoms with Gasteiger partial charge in [0, 0.05) is 32.1 Å². The summed E-state index contributed by atoms with van der Waals surface area (Å²) in [6.45, 7) is 3.61. The fourth-order valence-corrected chi connectivity index (χ4v) is 4.57. The Hall–Kier alpha value is -3.39. The Labute approximate surface area is 176 Å². The zero-order valence-electron chi connectivity index (χ0n) is 17.3. The first-order valence-corrected chi connectivity index (χ1v) is 11.0. The predicted molar refractivity (Wildman–Crippen MR) is 118 cm³/mol. The molecule has 0 spiro atoms. The van der Waals surface area contributed by atoms with E-state index in [1.54, 1.807) is 37.0 Å². The van der Waals surface area contributed by atoms with Crippen molar-refractivity contribution in [2.24, 2.45) is 14.1 Å². The highest BCUT2D eigenvalue weighted by molar-refractivity contribution is 7.92. The minimum absolute atomic E-state index is 0.207. The van der Waals surface area contributed by atoms with Crippen molar-refractivity contribution in [3.63, 3.8) is 0 Å². The number of hydrogen-bond acceptors (Lipinski definition) is 4. The summed E-state index contributed by atoms with van der Waals surface area (Å²) in [7, 11) is 0.0427. The molecular weight excluding hydrogens is 398 g/mol. The van der Waals surface area contributed by atoms with Gasteiger partial charge in [-0.15, -0.1) is 0 Å². The number of sulfonamides is 1. The van der Waals surface area contributed by atoms with E-state index in [4.69, 9.17) is 0 Å². The second kappa shape index (κ2) is 7.46. The maximum Gasteiger partial charge on any atom is 0.262 e. The molecule has 4 rings (SSSR count). The Morgan fingerprint density at radius 3 is 1.93 bits per heavy atom. The highest BCUT2D eigenvalue weighted by Gasteiger charge is 2.19. The lowest BCUT2D eigenvalue weighted by molar-refractivity contribution is 0.601. The molecule has 0 saturated carbocycles. The van der Waals surface area contributed by atoms with Crippen LogP contribution in [-0.2, 0) is 24.1 Å². The summed E-state index contributed by atoms with van der Waals surface area (Å²) in [5.74, 6) is 0.898. The van der Waals surface area contributed by atoms with Crippen LogP contribution < -0.4 is 4.72 Å². The van der Waals surface area contributed by atoms with E-state index in [0.717, 1.165) is 28.2 Å². The van der Waals surface area contributed by atoms with Gasteiger partial charge in [-0.05, 0) is 37.1 Å². The maximum absolute atomic E-state index is 12.8. The number of nitrogens with zero attached hydrogens (tertiary/aromatic N) is 4. The molecule has 0 aliphatic rings. The van der Waals surface area contributed by atoms with E-state index in [0.29, 0.717) is 11.4 Å². The third kappa shape index (κ3) is 3.61. The fourth-order valence-electron chi connectivity index (χ4n) is 3.40. The predicted octanol–water partition coefficient (Wildman–Crippen LogP) is 3.91. The fraction of sp³-hybridized carbons (Fsp3) is 0.182. The second-order valence-corrected chi connectivity index (χ2v) is 8.92. The first-order chi connectivity index (χ1) is 14.3. The molecule has 154 valence electrons. The third-order valence-corrected chi connectivity index (χ3v) is 6.57. The van der Waals surface area contributed by atoms with E-state index in [1.165, 1.54) is 0 Å². The monoisotopic (exact) mass is 421 g/mol. The number of aromatic nitrogens is 4. The molecule has 1 N–H and O–H groups in total. The molecule has 4 aromatic rings. The lowest BCUT2D eigenvalue weighted by Crippen LogP contribution is -2.14. The van der Waals surface area contributed by atoms with Crippen molar-refractivity contribution in [3.8, 4) is 22.5 Å². The molecule has 0 saturated heterocycles. The summed E-state index contributed by atoms with van der Waals surface area (Å²) in [4.78, 5) is 4.57. The van der Waals surface area contributed by atoms with Gasteiger partial charge >= 0.3 is 0 Å². The average Bonchev–Trinajstić information content (AvgIpc) is 3.26. The van der Waals surface area contributed by atoms with Crippen molar-refractivity contribution < 1.29 is 8.42 Å². The van der Waals surface area contributed by atoms with Crippen molar-refractivity contribution in [2.75, 3.05) is 4.72 Å². The van der Waals surface area contributed by atoms with Gasteiger partial charge in [-0.25, -0.2) is 13.4 Å². The molecule has 0 unspecified atom stereocenters. The van der Waals surface area contributed by atoms with E-state index >= 15 is 0 Å². The Bertz CT molecular complexity index is 1300. The van der Waals surface area contributed by atoms with Crippen molar-refractivity contribution in [1.29, 1.82) is 0 Å². The molecule has 2 aromatic carbocycles. The van der Waals surface area contributed by atoms with E-state index < -0.39 is 10.0 Å². The number of imidazole rings is 1. The first kappa shape index (κ1) is 19.9. The largest absolute Gasteiger partial charge is 0.334 e. The molecule has 30 heavy (non-hydrogen) atoms. The highest BCUT2D eigenvalue weighted by atomic mass is 32.2. The van der Waals surface area contributed by atoms with E-state index in [-0.39, 0.29) is 4.90 Å². The van der Waals surface area contributed by atoms with Crippen LogP contribution >= 0.6 is 0 Å². The Morgan fingerprint density at radius 2 is 1.43 bits per heavy atom. The number of benzene rings is 2. The number of anilines is 1. The minimum atomic E-state index is -3.70. The zero-order valence-corrected chi connectivity index (χ0v) is 18.1.